The molecule has 0 bridgehead atoms. The molecule has 1 atom stereocenters. The van der Waals surface area contributed by atoms with Crippen molar-refractivity contribution in [3.63, 3.8) is 0 Å². The summed E-state index contributed by atoms with van der Waals surface area (Å²) in [7, 11) is 0. The number of rotatable bonds is 8. The van der Waals surface area contributed by atoms with E-state index in [9.17, 15) is 5.11 Å². The van der Waals surface area contributed by atoms with Gasteiger partial charge in [0, 0.05) is 6.54 Å². The highest BCUT2D eigenvalue weighted by Crippen LogP contribution is 2.03. The summed E-state index contributed by atoms with van der Waals surface area (Å²) in [4.78, 5) is 0. The maximum atomic E-state index is 9.35. The number of likely N-dealkylation sites (N-methyl/N-ethyl adjacent to an activating group) is 1. The molecule has 0 aromatic heterocycles. The highest BCUT2D eigenvalue weighted by Gasteiger charge is 2.04. The summed E-state index contributed by atoms with van der Waals surface area (Å²) in [6.07, 6.45) is 3.17. The van der Waals surface area contributed by atoms with Crippen LogP contribution in [0, 0.1) is 5.41 Å². The standard InChI is InChI=1S/C10H22N2O2/c1-3-5-6-7-10(13)14-8-9(11)12-4-2/h10,13H,3-8H2,1-2H3,(H2,11,12). The summed E-state index contributed by atoms with van der Waals surface area (Å²) in [6, 6.07) is 0. The van der Waals surface area contributed by atoms with E-state index in [1.165, 1.54) is 0 Å². The first-order valence-electron chi connectivity index (χ1n) is 5.31. The van der Waals surface area contributed by atoms with Crippen LogP contribution in [0.25, 0.3) is 0 Å². The number of aliphatic hydroxyl groups excluding tert-OH is 1. The van der Waals surface area contributed by atoms with Crippen molar-refractivity contribution in [3.05, 3.63) is 0 Å². The summed E-state index contributed by atoms with van der Waals surface area (Å²) in [6.45, 7) is 4.93. The van der Waals surface area contributed by atoms with Crippen molar-refractivity contribution in [2.45, 2.75) is 45.8 Å². The second kappa shape index (κ2) is 8.97. The normalized spacial score (nSPS) is 12.5. The third-order valence-electron chi connectivity index (χ3n) is 1.86. The smallest absolute Gasteiger partial charge is 0.155 e. The quantitative estimate of drug-likeness (QED) is 0.242. The maximum Gasteiger partial charge on any atom is 0.155 e. The number of nitrogens with one attached hydrogen (secondary N) is 2. The first kappa shape index (κ1) is 13.4. The van der Waals surface area contributed by atoms with Gasteiger partial charge in [-0.15, -0.1) is 0 Å². The van der Waals surface area contributed by atoms with Crippen LogP contribution in [0.2, 0.25) is 0 Å². The average molecular weight is 202 g/mol. The van der Waals surface area contributed by atoms with Gasteiger partial charge in [0.1, 0.15) is 12.4 Å². The third kappa shape index (κ3) is 8.01. The summed E-state index contributed by atoms with van der Waals surface area (Å²) < 4.78 is 5.07. The minimum Gasteiger partial charge on any atom is -0.372 e. The van der Waals surface area contributed by atoms with Gasteiger partial charge in [-0.1, -0.05) is 19.8 Å². The third-order valence-corrected chi connectivity index (χ3v) is 1.86. The van der Waals surface area contributed by atoms with Gasteiger partial charge in [0.25, 0.3) is 0 Å². The molecule has 0 spiro atoms. The van der Waals surface area contributed by atoms with Crippen molar-refractivity contribution >= 4 is 5.84 Å². The van der Waals surface area contributed by atoms with Crippen LogP contribution in [0.1, 0.15) is 39.5 Å². The second-order valence-corrected chi connectivity index (χ2v) is 3.27. The van der Waals surface area contributed by atoms with Crippen LogP contribution in [-0.2, 0) is 4.74 Å². The van der Waals surface area contributed by atoms with E-state index in [1.54, 1.807) is 0 Å². The molecule has 0 aromatic carbocycles. The summed E-state index contributed by atoms with van der Waals surface area (Å²) >= 11 is 0. The molecule has 0 radical (unpaired) electrons. The van der Waals surface area contributed by atoms with Gasteiger partial charge in [-0.3, -0.25) is 5.41 Å². The zero-order chi connectivity index (χ0) is 10.8. The largest absolute Gasteiger partial charge is 0.372 e. The molecular formula is C10H22N2O2. The number of aliphatic hydroxyl groups is 1. The Labute approximate surface area is 86.2 Å². The molecular weight excluding hydrogens is 180 g/mol. The molecule has 14 heavy (non-hydrogen) atoms. The number of unbranched alkanes of at least 4 members (excludes halogenated alkanes) is 2. The predicted molar refractivity (Wildman–Crippen MR) is 57.5 cm³/mol. The van der Waals surface area contributed by atoms with Crippen LogP contribution in [-0.4, -0.2) is 30.4 Å². The van der Waals surface area contributed by atoms with E-state index in [2.05, 4.69) is 12.2 Å². The van der Waals surface area contributed by atoms with E-state index in [4.69, 9.17) is 10.1 Å². The van der Waals surface area contributed by atoms with E-state index in [0.29, 0.717) is 18.8 Å². The Hall–Kier alpha value is -0.610. The molecule has 4 nitrogen and oxygen atoms in total. The Morgan fingerprint density at radius 2 is 2.14 bits per heavy atom. The van der Waals surface area contributed by atoms with Crippen LogP contribution < -0.4 is 5.32 Å². The fraction of sp³-hybridized carbons (Fsp3) is 0.900. The van der Waals surface area contributed by atoms with Crippen molar-refractivity contribution in [2.24, 2.45) is 0 Å². The molecule has 1 unspecified atom stereocenters. The fourth-order valence-electron chi connectivity index (χ4n) is 1.10. The monoisotopic (exact) mass is 202 g/mol. The molecule has 0 heterocycles. The molecule has 0 saturated heterocycles. The SMILES string of the molecule is CCCCCC(O)OCC(=N)NCC. The van der Waals surface area contributed by atoms with Gasteiger partial charge >= 0.3 is 0 Å². The lowest BCUT2D eigenvalue weighted by Gasteiger charge is -2.12. The second-order valence-electron chi connectivity index (χ2n) is 3.27. The summed E-state index contributed by atoms with van der Waals surface area (Å²) in [5.41, 5.74) is 0. The van der Waals surface area contributed by atoms with Crippen molar-refractivity contribution in [1.82, 2.24) is 5.32 Å². The van der Waals surface area contributed by atoms with Crippen LogP contribution >= 0.6 is 0 Å². The first-order chi connectivity index (χ1) is 6.70. The Balaban J connectivity index is 3.33. The molecule has 3 N–H and O–H groups in total. The van der Waals surface area contributed by atoms with Gasteiger partial charge in [-0.2, -0.15) is 0 Å². The zero-order valence-electron chi connectivity index (χ0n) is 9.18. The van der Waals surface area contributed by atoms with Crippen molar-refractivity contribution in [3.8, 4) is 0 Å². The topological polar surface area (TPSA) is 65.3 Å². The summed E-state index contributed by atoms with van der Waals surface area (Å²) in [5, 5.41) is 19.5. The number of hydrogen-bond donors (Lipinski definition) is 3. The highest BCUT2D eigenvalue weighted by molar-refractivity contribution is 5.80. The first-order valence-corrected chi connectivity index (χ1v) is 5.31. The lowest BCUT2D eigenvalue weighted by Crippen LogP contribution is -2.28. The lowest BCUT2D eigenvalue weighted by molar-refractivity contribution is -0.0907. The van der Waals surface area contributed by atoms with Gasteiger partial charge in [0.2, 0.25) is 0 Å². The van der Waals surface area contributed by atoms with Crippen LogP contribution in [0.3, 0.4) is 0 Å². The molecule has 0 aliphatic carbocycles. The fourth-order valence-corrected chi connectivity index (χ4v) is 1.10. The molecule has 84 valence electrons. The molecule has 0 rings (SSSR count). The molecule has 0 aliphatic rings. The minimum absolute atomic E-state index is 0.168. The predicted octanol–water partition coefficient (Wildman–Crippen LogP) is 1.49. The van der Waals surface area contributed by atoms with Crippen molar-refractivity contribution in [1.29, 1.82) is 5.41 Å². The molecule has 0 fully saturated rings. The Morgan fingerprint density at radius 1 is 1.43 bits per heavy atom. The van der Waals surface area contributed by atoms with Crippen LogP contribution in [0.4, 0.5) is 0 Å². The minimum atomic E-state index is -0.722. The van der Waals surface area contributed by atoms with Gasteiger partial charge in [-0.05, 0) is 19.8 Å². The van der Waals surface area contributed by atoms with E-state index in [1.807, 2.05) is 6.92 Å². The molecule has 0 aliphatic heterocycles. The summed E-state index contributed by atoms with van der Waals surface area (Å²) in [5.74, 6) is 0.321. The van der Waals surface area contributed by atoms with Crippen LogP contribution in [0.5, 0.6) is 0 Å². The van der Waals surface area contributed by atoms with E-state index >= 15 is 0 Å². The molecule has 0 amide bonds. The Kier molecular flexibility index (Phi) is 8.57. The average Bonchev–Trinajstić information content (AvgIpc) is 2.16. The molecule has 0 aromatic rings. The highest BCUT2D eigenvalue weighted by atomic mass is 16.6. The van der Waals surface area contributed by atoms with E-state index in [-0.39, 0.29) is 6.61 Å². The number of amidine groups is 1. The van der Waals surface area contributed by atoms with Crippen molar-refractivity contribution in [2.75, 3.05) is 13.2 Å². The number of hydrogen-bond acceptors (Lipinski definition) is 3. The van der Waals surface area contributed by atoms with Gasteiger partial charge in [-0.25, -0.2) is 0 Å². The Bertz CT molecular complexity index is 151. The van der Waals surface area contributed by atoms with Gasteiger partial charge in [0.15, 0.2) is 6.29 Å². The number of ether oxygens (including phenoxy) is 1. The Morgan fingerprint density at radius 3 is 2.71 bits per heavy atom. The maximum absolute atomic E-state index is 9.35. The molecule has 0 saturated carbocycles. The van der Waals surface area contributed by atoms with Gasteiger partial charge in [0.05, 0.1) is 0 Å². The zero-order valence-corrected chi connectivity index (χ0v) is 9.18. The van der Waals surface area contributed by atoms with Crippen LogP contribution in [0.15, 0.2) is 0 Å². The van der Waals surface area contributed by atoms with E-state index < -0.39 is 6.29 Å². The lowest BCUT2D eigenvalue weighted by atomic mass is 10.2. The molecule has 4 heteroatoms. The van der Waals surface area contributed by atoms with E-state index in [0.717, 1.165) is 19.3 Å². The van der Waals surface area contributed by atoms with Gasteiger partial charge < -0.3 is 15.2 Å². The van der Waals surface area contributed by atoms with Crippen molar-refractivity contribution < 1.29 is 9.84 Å².